The Balaban J connectivity index is 1.95. The molecule has 24 heavy (non-hydrogen) atoms. The number of aromatic amines is 1. The van der Waals surface area contributed by atoms with E-state index in [2.05, 4.69) is 31.6 Å². The fraction of sp³-hybridized carbons (Fsp3) is 0.0588. The van der Waals surface area contributed by atoms with Crippen LogP contribution >= 0.6 is 0 Å². The first-order chi connectivity index (χ1) is 11.8. The Bertz CT molecular complexity index is 1030. The van der Waals surface area contributed by atoms with E-state index in [0.717, 1.165) is 33.3 Å². The van der Waals surface area contributed by atoms with Crippen molar-refractivity contribution in [3.05, 3.63) is 54.1 Å². The number of nitrogens with one attached hydrogen (secondary N) is 1. The molecule has 4 aromatic rings. The molecule has 7 heteroatoms. The van der Waals surface area contributed by atoms with Crippen LogP contribution in [0.1, 0.15) is 5.56 Å². The molecule has 2 aromatic heterocycles. The van der Waals surface area contributed by atoms with Gasteiger partial charge < -0.3 is 10.2 Å². The summed E-state index contributed by atoms with van der Waals surface area (Å²) in [6.45, 7) is 0. The summed E-state index contributed by atoms with van der Waals surface area (Å²) in [5.74, 6) is 0.546. The van der Waals surface area contributed by atoms with Gasteiger partial charge in [0.05, 0.1) is 19.0 Å². The third-order valence-corrected chi connectivity index (χ3v) is 3.84. The largest absolute Gasteiger partial charge is 0.411 e. The predicted molar refractivity (Wildman–Crippen MR) is 90.9 cm³/mol. The molecule has 118 valence electrons. The van der Waals surface area contributed by atoms with Crippen molar-refractivity contribution in [2.45, 2.75) is 0 Å². The van der Waals surface area contributed by atoms with Gasteiger partial charge >= 0.3 is 0 Å². The van der Waals surface area contributed by atoms with Gasteiger partial charge in [-0.1, -0.05) is 47.6 Å². The summed E-state index contributed by atoms with van der Waals surface area (Å²) in [6, 6.07) is 15.8. The number of aryl methyl sites for hydroxylation is 1. The molecule has 0 bridgehead atoms. The van der Waals surface area contributed by atoms with Crippen molar-refractivity contribution in [1.29, 1.82) is 0 Å². The van der Waals surface area contributed by atoms with Crippen molar-refractivity contribution < 1.29 is 5.21 Å². The molecule has 0 amide bonds. The van der Waals surface area contributed by atoms with Gasteiger partial charge in [0, 0.05) is 16.5 Å². The number of para-hydroxylation sites is 1. The average molecular weight is 318 g/mol. The summed E-state index contributed by atoms with van der Waals surface area (Å²) >= 11 is 0. The molecule has 0 spiro atoms. The second kappa shape index (κ2) is 5.62. The van der Waals surface area contributed by atoms with Gasteiger partial charge in [-0.05, 0) is 22.4 Å². The summed E-state index contributed by atoms with van der Waals surface area (Å²) < 4.78 is 0. The molecule has 0 fully saturated rings. The van der Waals surface area contributed by atoms with Crippen LogP contribution in [0.5, 0.6) is 0 Å². The topological polar surface area (TPSA) is 92.0 Å². The first kappa shape index (κ1) is 14.1. The number of hydrogen-bond donors (Lipinski definition) is 2. The number of nitrogens with zero attached hydrogens (tertiary/aromatic N) is 5. The van der Waals surface area contributed by atoms with Gasteiger partial charge in [-0.25, -0.2) is 0 Å². The maximum absolute atomic E-state index is 8.65. The Morgan fingerprint density at radius 2 is 1.92 bits per heavy atom. The van der Waals surface area contributed by atoms with E-state index in [1.165, 1.54) is 11.0 Å². The van der Waals surface area contributed by atoms with Crippen molar-refractivity contribution in [3.63, 3.8) is 0 Å². The standard InChI is InChI=1S/C17H14N6O/c1-23-21-17(20-22-23)16-15(13-4-2-3-5-14(13)19-16)12-8-6-11(7-9-12)10-18-24/h2-10,19,24H,1H3. The second-order valence-electron chi connectivity index (χ2n) is 5.39. The molecule has 0 aliphatic rings. The van der Waals surface area contributed by atoms with Crippen LogP contribution in [0, 0.1) is 0 Å². The molecule has 0 unspecified atom stereocenters. The normalized spacial score (nSPS) is 11.5. The first-order valence-corrected chi connectivity index (χ1v) is 7.39. The summed E-state index contributed by atoms with van der Waals surface area (Å²) in [5.41, 5.74) is 4.69. The van der Waals surface area contributed by atoms with E-state index in [0.29, 0.717) is 5.82 Å². The molecular weight excluding hydrogens is 304 g/mol. The predicted octanol–water partition coefficient (Wildman–Crippen LogP) is 2.83. The highest BCUT2D eigenvalue weighted by Gasteiger charge is 2.18. The van der Waals surface area contributed by atoms with Crippen LogP contribution < -0.4 is 0 Å². The van der Waals surface area contributed by atoms with Crippen LogP contribution in [0.25, 0.3) is 33.5 Å². The maximum atomic E-state index is 8.65. The number of benzene rings is 2. The molecule has 2 aromatic carbocycles. The number of oxime groups is 1. The van der Waals surface area contributed by atoms with Crippen molar-refractivity contribution in [2.75, 3.05) is 0 Å². The van der Waals surface area contributed by atoms with Crippen molar-refractivity contribution in [2.24, 2.45) is 12.2 Å². The zero-order valence-electron chi connectivity index (χ0n) is 12.9. The van der Waals surface area contributed by atoms with E-state index in [9.17, 15) is 0 Å². The lowest BCUT2D eigenvalue weighted by molar-refractivity contribution is 0.322. The molecule has 0 radical (unpaired) electrons. The highest BCUT2D eigenvalue weighted by atomic mass is 16.4. The lowest BCUT2D eigenvalue weighted by Gasteiger charge is -2.03. The summed E-state index contributed by atoms with van der Waals surface area (Å²) in [6.07, 6.45) is 1.39. The van der Waals surface area contributed by atoms with E-state index in [4.69, 9.17) is 5.21 Å². The van der Waals surface area contributed by atoms with E-state index in [1.807, 2.05) is 42.5 Å². The van der Waals surface area contributed by atoms with Crippen LogP contribution in [0.2, 0.25) is 0 Å². The molecule has 0 aliphatic heterocycles. The third-order valence-electron chi connectivity index (χ3n) is 3.84. The maximum Gasteiger partial charge on any atom is 0.221 e. The van der Waals surface area contributed by atoms with Crippen LogP contribution in [0.4, 0.5) is 0 Å². The SMILES string of the molecule is Cn1nnc(-c2[nH]c3ccccc3c2-c2ccc(C=NO)cc2)n1. The highest BCUT2D eigenvalue weighted by Crippen LogP contribution is 2.36. The van der Waals surface area contributed by atoms with Gasteiger partial charge in [0.1, 0.15) is 0 Å². The van der Waals surface area contributed by atoms with Gasteiger partial charge in [0.25, 0.3) is 0 Å². The molecule has 0 saturated carbocycles. The number of hydrogen-bond acceptors (Lipinski definition) is 5. The van der Waals surface area contributed by atoms with E-state index < -0.39 is 0 Å². The molecule has 0 aliphatic carbocycles. The Labute approximate surface area is 137 Å². The van der Waals surface area contributed by atoms with Gasteiger partial charge in [-0.15, -0.1) is 10.2 Å². The van der Waals surface area contributed by atoms with E-state index in [1.54, 1.807) is 7.05 Å². The molecule has 0 atom stereocenters. The monoisotopic (exact) mass is 318 g/mol. The Morgan fingerprint density at radius 3 is 2.62 bits per heavy atom. The molecule has 2 N–H and O–H groups in total. The minimum Gasteiger partial charge on any atom is -0.411 e. The van der Waals surface area contributed by atoms with E-state index >= 15 is 0 Å². The fourth-order valence-corrected chi connectivity index (χ4v) is 2.80. The highest BCUT2D eigenvalue weighted by molar-refractivity contribution is 6.03. The van der Waals surface area contributed by atoms with Crippen molar-refractivity contribution in [1.82, 2.24) is 25.2 Å². The Kier molecular flexibility index (Phi) is 3.31. The van der Waals surface area contributed by atoms with Crippen molar-refractivity contribution >= 4 is 17.1 Å². The summed E-state index contributed by atoms with van der Waals surface area (Å²) in [7, 11) is 1.74. The van der Waals surface area contributed by atoms with Gasteiger partial charge in [0.15, 0.2) is 0 Å². The molecular formula is C17H14N6O. The van der Waals surface area contributed by atoms with Crippen LogP contribution in [-0.2, 0) is 7.05 Å². The number of aromatic nitrogens is 5. The Hall–Kier alpha value is -3.48. The quantitative estimate of drug-likeness (QED) is 0.345. The van der Waals surface area contributed by atoms with Crippen LogP contribution in [0.3, 0.4) is 0 Å². The molecule has 4 rings (SSSR count). The first-order valence-electron chi connectivity index (χ1n) is 7.39. The van der Waals surface area contributed by atoms with Crippen LogP contribution in [-0.4, -0.2) is 36.6 Å². The van der Waals surface area contributed by atoms with Gasteiger partial charge in [-0.2, -0.15) is 4.80 Å². The lowest BCUT2D eigenvalue weighted by Crippen LogP contribution is -1.92. The number of fused-ring (bicyclic) bond motifs is 1. The lowest BCUT2D eigenvalue weighted by atomic mass is 10.0. The average Bonchev–Trinajstić information content (AvgIpc) is 3.19. The number of rotatable bonds is 3. The second-order valence-corrected chi connectivity index (χ2v) is 5.39. The Morgan fingerprint density at radius 1 is 1.12 bits per heavy atom. The zero-order chi connectivity index (χ0) is 16.5. The van der Waals surface area contributed by atoms with Crippen molar-refractivity contribution in [3.8, 4) is 22.6 Å². The smallest absolute Gasteiger partial charge is 0.221 e. The molecule has 0 saturated heterocycles. The van der Waals surface area contributed by atoms with E-state index in [-0.39, 0.29) is 0 Å². The van der Waals surface area contributed by atoms with Crippen LogP contribution in [0.15, 0.2) is 53.7 Å². The summed E-state index contributed by atoms with van der Waals surface area (Å²) in [5, 5.41) is 25.2. The molecule has 7 nitrogen and oxygen atoms in total. The molecule has 2 heterocycles. The minimum atomic E-state index is 0.546. The van der Waals surface area contributed by atoms with Gasteiger partial charge in [0.2, 0.25) is 5.82 Å². The number of tetrazole rings is 1. The van der Waals surface area contributed by atoms with Gasteiger partial charge in [-0.3, -0.25) is 0 Å². The minimum absolute atomic E-state index is 0.546. The number of H-pyrrole nitrogens is 1. The summed E-state index contributed by atoms with van der Waals surface area (Å²) in [4.78, 5) is 4.82. The zero-order valence-corrected chi connectivity index (χ0v) is 12.9. The third kappa shape index (κ3) is 2.32. The fourth-order valence-electron chi connectivity index (χ4n) is 2.80.